The van der Waals surface area contributed by atoms with Crippen molar-refractivity contribution in [2.45, 2.75) is 6.42 Å². The van der Waals surface area contributed by atoms with Gasteiger partial charge in [-0.05, 0) is 6.42 Å². The van der Waals surface area contributed by atoms with Crippen molar-refractivity contribution in [3.8, 4) is 0 Å². The van der Waals surface area contributed by atoms with E-state index in [1.165, 1.54) is 6.33 Å². The Balaban J connectivity index is 2.18. The Labute approximate surface area is 99.0 Å². The van der Waals surface area contributed by atoms with E-state index in [-0.39, 0.29) is 5.91 Å². The molecule has 1 aromatic rings. The number of aromatic nitrogens is 2. The molecule has 0 fully saturated rings. The highest BCUT2D eigenvalue weighted by Crippen LogP contribution is 2.29. The monoisotopic (exact) mass is 240 g/mol. The molecule has 0 aromatic carbocycles. The Morgan fingerprint density at radius 1 is 1.56 bits per heavy atom. The van der Waals surface area contributed by atoms with Crippen molar-refractivity contribution in [3.63, 3.8) is 0 Å². The summed E-state index contributed by atoms with van der Waals surface area (Å²) in [7, 11) is 3.48. The summed E-state index contributed by atoms with van der Waals surface area (Å²) in [4.78, 5) is 23.2. The summed E-state index contributed by atoms with van der Waals surface area (Å²) in [5, 5.41) is 0.491. The number of anilines is 1. The molecule has 0 N–H and O–H groups in total. The van der Waals surface area contributed by atoms with Crippen molar-refractivity contribution in [3.05, 3.63) is 17.0 Å². The van der Waals surface area contributed by atoms with Crippen molar-refractivity contribution < 1.29 is 4.79 Å². The Hall–Kier alpha value is -1.36. The summed E-state index contributed by atoms with van der Waals surface area (Å²) < 4.78 is 0. The zero-order valence-electron chi connectivity index (χ0n) is 9.27. The number of carbonyl (C=O) groups excluding carboxylic acids is 1. The zero-order valence-corrected chi connectivity index (χ0v) is 10.0. The quantitative estimate of drug-likeness (QED) is 0.710. The lowest BCUT2D eigenvalue weighted by atomic mass is 10.3. The number of carbonyl (C=O) groups is 1. The van der Waals surface area contributed by atoms with Crippen LogP contribution in [0.3, 0.4) is 0 Å². The third-order valence-corrected chi connectivity index (χ3v) is 2.95. The Bertz CT molecular complexity index is 421. The third-order valence-electron chi connectivity index (χ3n) is 2.63. The second-order valence-corrected chi connectivity index (χ2v) is 4.28. The summed E-state index contributed by atoms with van der Waals surface area (Å²) in [6, 6.07) is 0. The summed E-state index contributed by atoms with van der Waals surface area (Å²) in [6.07, 6.45) is 2.23. The molecular weight excluding hydrogens is 228 g/mol. The summed E-state index contributed by atoms with van der Waals surface area (Å²) >= 11 is 5.96. The average molecular weight is 241 g/mol. The number of rotatable bonds is 2. The second-order valence-electron chi connectivity index (χ2n) is 3.93. The van der Waals surface area contributed by atoms with Gasteiger partial charge in [0.25, 0.3) is 0 Å². The van der Waals surface area contributed by atoms with Crippen LogP contribution in [-0.4, -0.2) is 48.0 Å². The molecule has 0 radical (unpaired) electrons. The highest BCUT2D eigenvalue weighted by molar-refractivity contribution is 6.30. The average Bonchev–Trinajstić information content (AvgIpc) is 2.63. The molecule has 0 spiro atoms. The number of hydrogen-bond acceptors (Lipinski definition) is 4. The first-order valence-electron chi connectivity index (χ1n) is 5.04. The number of amides is 1. The van der Waals surface area contributed by atoms with Crippen LogP contribution in [0.2, 0.25) is 5.15 Å². The predicted octanol–water partition coefficient (Wildman–Crippen LogP) is 0.581. The fourth-order valence-corrected chi connectivity index (χ4v) is 1.90. The van der Waals surface area contributed by atoms with E-state index >= 15 is 0 Å². The molecule has 86 valence electrons. The van der Waals surface area contributed by atoms with E-state index in [9.17, 15) is 4.79 Å². The van der Waals surface area contributed by atoms with Crippen LogP contribution in [0.1, 0.15) is 5.56 Å². The first-order valence-corrected chi connectivity index (χ1v) is 5.42. The molecule has 0 atom stereocenters. The maximum absolute atomic E-state index is 11.6. The maximum Gasteiger partial charge on any atom is 0.241 e. The molecule has 1 aliphatic rings. The van der Waals surface area contributed by atoms with Crippen LogP contribution < -0.4 is 4.90 Å². The predicted molar refractivity (Wildman–Crippen MR) is 61.7 cm³/mol. The van der Waals surface area contributed by atoms with Crippen molar-refractivity contribution in [2.75, 3.05) is 32.1 Å². The SMILES string of the molecule is CN(C)C(=O)CN1CCc2c(Cl)ncnc21. The molecule has 5 nitrogen and oxygen atoms in total. The van der Waals surface area contributed by atoms with E-state index < -0.39 is 0 Å². The number of halogens is 1. The Kier molecular flexibility index (Phi) is 2.96. The van der Waals surface area contributed by atoms with Crippen molar-refractivity contribution in [1.82, 2.24) is 14.9 Å². The van der Waals surface area contributed by atoms with Crippen LogP contribution in [0.5, 0.6) is 0 Å². The van der Waals surface area contributed by atoms with Gasteiger partial charge in [-0.3, -0.25) is 4.79 Å². The second kappa shape index (κ2) is 4.25. The Morgan fingerprint density at radius 3 is 3.00 bits per heavy atom. The molecule has 1 aliphatic heterocycles. The van der Waals surface area contributed by atoms with Crippen molar-refractivity contribution in [2.24, 2.45) is 0 Å². The highest BCUT2D eigenvalue weighted by Gasteiger charge is 2.25. The minimum absolute atomic E-state index is 0.0579. The van der Waals surface area contributed by atoms with Gasteiger partial charge in [-0.1, -0.05) is 11.6 Å². The van der Waals surface area contributed by atoms with Crippen LogP contribution in [-0.2, 0) is 11.2 Å². The van der Waals surface area contributed by atoms with Gasteiger partial charge < -0.3 is 9.80 Å². The lowest BCUT2D eigenvalue weighted by Crippen LogP contribution is -2.35. The van der Waals surface area contributed by atoms with Crippen LogP contribution in [0.25, 0.3) is 0 Å². The molecule has 2 rings (SSSR count). The number of hydrogen-bond donors (Lipinski definition) is 0. The normalized spacial score (nSPS) is 13.8. The largest absolute Gasteiger partial charge is 0.347 e. The van der Waals surface area contributed by atoms with Crippen molar-refractivity contribution >= 4 is 23.3 Å². The van der Waals surface area contributed by atoms with Gasteiger partial charge in [-0.15, -0.1) is 0 Å². The smallest absolute Gasteiger partial charge is 0.241 e. The van der Waals surface area contributed by atoms with Crippen molar-refractivity contribution in [1.29, 1.82) is 0 Å². The van der Waals surface area contributed by atoms with E-state index in [0.717, 1.165) is 24.3 Å². The molecule has 0 bridgehead atoms. The van der Waals surface area contributed by atoms with E-state index in [1.807, 2.05) is 4.90 Å². The molecule has 6 heteroatoms. The van der Waals surface area contributed by atoms with E-state index in [1.54, 1.807) is 19.0 Å². The van der Waals surface area contributed by atoms with Gasteiger partial charge in [0, 0.05) is 26.2 Å². The lowest BCUT2D eigenvalue weighted by molar-refractivity contribution is -0.127. The van der Waals surface area contributed by atoms with Gasteiger partial charge >= 0.3 is 0 Å². The minimum atomic E-state index is 0.0579. The summed E-state index contributed by atoms with van der Waals surface area (Å²) in [5.74, 6) is 0.845. The fourth-order valence-electron chi connectivity index (χ4n) is 1.68. The van der Waals surface area contributed by atoms with Crippen LogP contribution >= 0.6 is 11.6 Å². The molecule has 0 aliphatic carbocycles. The van der Waals surface area contributed by atoms with Gasteiger partial charge in [-0.2, -0.15) is 0 Å². The summed E-state index contributed by atoms with van der Waals surface area (Å²) in [5.41, 5.74) is 0.940. The molecule has 2 heterocycles. The van der Waals surface area contributed by atoms with Gasteiger partial charge in [-0.25, -0.2) is 9.97 Å². The molecule has 1 aromatic heterocycles. The topological polar surface area (TPSA) is 49.3 Å². The zero-order chi connectivity index (χ0) is 11.7. The summed E-state index contributed by atoms with van der Waals surface area (Å²) in [6.45, 7) is 1.11. The maximum atomic E-state index is 11.6. The van der Waals surface area contributed by atoms with E-state index in [4.69, 9.17) is 11.6 Å². The molecule has 0 saturated heterocycles. The number of nitrogens with zero attached hydrogens (tertiary/aromatic N) is 4. The number of fused-ring (bicyclic) bond motifs is 1. The van der Waals surface area contributed by atoms with Crippen LogP contribution in [0.15, 0.2) is 6.33 Å². The van der Waals surface area contributed by atoms with Crippen LogP contribution in [0.4, 0.5) is 5.82 Å². The number of likely N-dealkylation sites (N-methyl/N-ethyl adjacent to an activating group) is 1. The molecule has 1 amide bonds. The van der Waals surface area contributed by atoms with E-state index in [2.05, 4.69) is 9.97 Å². The molecule has 16 heavy (non-hydrogen) atoms. The Morgan fingerprint density at radius 2 is 2.31 bits per heavy atom. The lowest BCUT2D eigenvalue weighted by Gasteiger charge is -2.19. The van der Waals surface area contributed by atoms with Gasteiger partial charge in [0.05, 0.1) is 6.54 Å². The van der Waals surface area contributed by atoms with Gasteiger partial charge in [0.2, 0.25) is 5.91 Å². The van der Waals surface area contributed by atoms with Crippen LogP contribution in [0, 0.1) is 0 Å². The van der Waals surface area contributed by atoms with Gasteiger partial charge in [0.15, 0.2) is 0 Å². The molecule has 0 unspecified atom stereocenters. The standard InChI is InChI=1S/C10H13ClN4O/c1-14(2)8(16)5-15-4-3-7-9(11)12-6-13-10(7)15/h6H,3-5H2,1-2H3. The third kappa shape index (κ3) is 1.95. The molecular formula is C10H13ClN4O. The highest BCUT2D eigenvalue weighted by atomic mass is 35.5. The fraction of sp³-hybridized carbons (Fsp3) is 0.500. The van der Waals surface area contributed by atoms with E-state index in [0.29, 0.717) is 11.7 Å². The van der Waals surface area contributed by atoms with Gasteiger partial charge in [0.1, 0.15) is 17.3 Å². The minimum Gasteiger partial charge on any atom is -0.347 e. The first-order chi connectivity index (χ1) is 7.59. The first kappa shape index (κ1) is 11.1. The molecule has 0 saturated carbocycles.